The topological polar surface area (TPSA) is 143 Å². The number of nitrogens with zero attached hydrogens (tertiary/aromatic N) is 4. The van der Waals surface area contributed by atoms with Crippen molar-refractivity contribution >= 4 is 17.5 Å². The predicted molar refractivity (Wildman–Crippen MR) is 115 cm³/mol. The number of aromatic nitrogens is 3. The molecule has 2 fully saturated rings. The van der Waals surface area contributed by atoms with E-state index in [4.69, 9.17) is 29.4 Å². The molecule has 0 radical (unpaired) electrons. The summed E-state index contributed by atoms with van der Waals surface area (Å²) < 4.78 is 30.5. The van der Waals surface area contributed by atoms with Crippen molar-refractivity contribution in [2.24, 2.45) is 5.92 Å². The number of fused-ring (bicyclic) bond motifs is 2. The highest BCUT2D eigenvalue weighted by Crippen LogP contribution is 2.50. The number of nitriles is 1. The Kier molecular flexibility index (Phi) is 6.18. The van der Waals surface area contributed by atoms with E-state index in [-0.39, 0.29) is 19.1 Å². The zero-order valence-corrected chi connectivity index (χ0v) is 19.2. The molecule has 2 aromatic rings. The SMILES string of the molecule is CCC(CC)COC(=O)OC[C@@]1(C#N)O[C@@H](c2ccc3c(N)ncnn23)C2OC(C)(C)OC21. The largest absolute Gasteiger partial charge is 0.508 e. The molecule has 33 heavy (non-hydrogen) atoms. The molecule has 2 unspecified atom stereocenters. The van der Waals surface area contributed by atoms with Gasteiger partial charge in [-0.25, -0.2) is 14.3 Å². The van der Waals surface area contributed by atoms with Crippen molar-refractivity contribution in [1.82, 2.24) is 14.6 Å². The lowest BCUT2D eigenvalue weighted by Gasteiger charge is -2.28. The Hall–Kier alpha value is -2.94. The van der Waals surface area contributed by atoms with Crippen LogP contribution in [0.4, 0.5) is 10.6 Å². The van der Waals surface area contributed by atoms with Gasteiger partial charge in [-0.1, -0.05) is 26.7 Å². The van der Waals surface area contributed by atoms with Gasteiger partial charge in [0.15, 0.2) is 11.6 Å². The Morgan fingerprint density at radius 2 is 2.03 bits per heavy atom. The van der Waals surface area contributed by atoms with Gasteiger partial charge in [-0.3, -0.25) is 0 Å². The molecular weight excluding hydrogens is 430 g/mol. The summed E-state index contributed by atoms with van der Waals surface area (Å²) >= 11 is 0. The molecule has 4 rings (SSSR count). The van der Waals surface area contributed by atoms with Crippen LogP contribution < -0.4 is 5.73 Å². The molecule has 2 N–H and O–H groups in total. The first kappa shape index (κ1) is 23.2. The lowest BCUT2D eigenvalue weighted by atomic mass is 9.96. The van der Waals surface area contributed by atoms with Crippen molar-refractivity contribution in [2.75, 3.05) is 18.9 Å². The number of carbonyl (C=O) groups excluding carboxylic acids is 1. The summed E-state index contributed by atoms with van der Waals surface area (Å²) in [6, 6.07) is 5.71. The molecule has 178 valence electrons. The van der Waals surface area contributed by atoms with Crippen molar-refractivity contribution in [3.8, 4) is 6.07 Å². The summed E-state index contributed by atoms with van der Waals surface area (Å²) in [4.78, 5) is 16.2. The first-order chi connectivity index (χ1) is 15.7. The molecule has 4 atom stereocenters. The van der Waals surface area contributed by atoms with Gasteiger partial charge in [-0.15, -0.1) is 0 Å². The third kappa shape index (κ3) is 4.21. The van der Waals surface area contributed by atoms with Crippen LogP contribution in [0.5, 0.6) is 0 Å². The number of nitrogens with two attached hydrogens (primary N) is 1. The van der Waals surface area contributed by atoms with Crippen LogP contribution in [0.15, 0.2) is 18.5 Å². The summed E-state index contributed by atoms with van der Waals surface area (Å²) in [5.74, 6) is -0.399. The molecule has 4 heterocycles. The molecule has 11 nitrogen and oxygen atoms in total. The minimum absolute atomic E-state index is 0.253. The maximum atomic E-state index is 12.2. The second-order valence-corrected chi connectivity index (χ2v) is 8.79. The zero-order valence-electron chi connectivity index (χ0n) is 19.2. The van der Waals surface area contributed by atoms with Gasteiger partial charge in [0.1, 0.15) is 42.8 Å². The molecule has 0 spiro atoms. The molecule has 11 heteroatoms. The molecule has 0 bridgehead atoms. The zero-order chi connectivity index (χ0) is 23.8. The highest BCUT2D eigenvalue weighted by molar-refractivity contribution is 5.65. The third-order valence-corrected chi connectivity index (χ3v) is 6.21. The Balaban J connectivity index is 1.57. The number of hydrogen-bond donors (Lipinski definition) is 1. The van der Waals surface area contributed by atoms with E-state index in [9.17, 15) is 10.1 Å². The van der Waals surface area contributed by atoms with Crippen LogP contribution in [-0.4, -0.2) is 57.6 Å². The van der Waals surface area contributed by atoms with Gasteiger partial charge >= 0.3 is 6.16 Å². The maximum Gasteiger partial charge on any atom is 0.508 e. The highest BCUT2D eigenvalue weighted by atomic mass is 16.8. The molecule has 2 aliphatic heterocycles. The van der Waals surface area contributed by atoms with Crippen molar-refractivity contribution in [1.29, 1.82) is 5.26 Å². The van der Waals surface area contributed by atoms with Crippen molar-refractivity contribution in [3.63, 3.8) is 0 Å². The van der Waals surface area contributed by atoms with Crippen molar-refractivity contribution in [2.45, 2.75) is 70.2 Å². The summed E-state index contributed by atoms with van der Waals surface area (Å²) in [6.07, 6.45) is 0.0896. The summed E-state index contributed by atoms with van der Waals surface area (Å²) in [7, 11) is 0. The number of rotatable bonds is 7. The summed E-state index contributed by atoms with van der Waals surface area (Å²) in [5, 5.41) is 14.4. The summed E-state index contributed by atoms with van der Waals surface area (Å²) in [5.41, 5.74) is 5.57. The minimum atomic E-state index is -1.60. The van der Waals surface area contributed by atoms with Crippen LogP contribution in [0.3, 0.4) is 0 Å². The molecule has 0 aliphatic carbocycles. The fourth-order valence-corrected chi connectivity index (χ4v) is 4.31. The Morgan fingerprint density at radius 3 is 2.73 bits per heavy atom. The quantitative estimate of drug-likeness (QED) is 0.614. The van der Waals surface area contributed by atoms with Gasteiger partial charge in [-0.2, -0.15) is 10.4 Å². The van der Waals surface area contributed by atoms with Crippen LogP contribution >= 0.6 is 0 Å². The Morgan fingerprint density at radius 1 is 1.27 bits per heavy atom. The van der Waals surface area contributed by atoms with E-state index in [0.29, 0.717) is 17.0 Å². The third-order valence-electron chi connectivity index (χ3n) is 6.21. The molecule has 2 aromatic heterocycles. The van der Waals surface area contributed by atoms with Crippen LogP contribution in [0, 0.1) is 17.2 Å². The average Bonchev–Trinajstić information content (AvgIpc) is 3.44. The second-order valence-electron chi connectivity index (χ2n) is 8.79. The van der Waals surface area contributed by atoms with Gasteiger partial charge in [0, 0.05) is 0 Å². The van der Waals surface area contributed by atoms with E-state index in [2.05, 4.69) is 16.2 Å². The van der Waals surface area contributed by atoms with Crippen molar-refractivity contribution in [3.05, 3.63) is 24.2 Å². The first-order valence-corrected chi connectivity index (χ1v) is 11.1. The molecule has 0 amide bonds. The van der Waals surface area contributed by atoms with Gasteiger partial charge in [-0.05, 0) is 31.9 Å². The Bertz CT molecular complexity index is 1060. The van der Waals surface area contributed by atoms with Crippen LogP contribution in [0.2, 0.25) is 0 Å². The fraction of sp³-hybridized carbons (Fsp3) is 0.636. The van der Waals surface area contributed by atoms with E-state index in [1.807, 2.05) is 13.8 Å². The van der Waals surface area contributed by atoms with Crippen molar-refractivity contribution < 1.29 is 28.5 Å². The van der Waals surface area contributed by atoms with E-state index in [1.165, 1.54) is 6.33 Å². The van der Waals surface area contributed by atoms with Crippen LogP contribution in [-0.2, 0) is 23.7 Å². The van der Waals surface area contributed by atoms with Gasteiger partial charge < -0.3 is 29.4 Å². The van der Waals surface area contributed by atoms with E-state index in [0.717, 1.165) is 12.8 Å². The fourth-order valence-electron chi connectivity index (χ4n) is 4.31. The number of nitrogen functional groups attached to an aromatic ring is 1. The van der Waals surface area contributed by atoms with Gasteiger partial charge in [0.25, 0.3) is 0 Å². The normalized spacial score (nSPS) is 28.1. The lowest BCUT2D eigenvalue weighted by molar-refractivity contribution is -0.205. The first-order valence-electron chi connectivity index (χ1n) is 11.1. The number of anilines is 1. The van der Waals surface area contributed by atoms with Gasteiger partial charge in [0.2, 0.25) is 5.60 Å². The number of carbonyl (C=O) groups is 1. The molecule has 2 saturated heterocycles. The predicted octanol–water partition coefficient (Wildman–Crippen LogP) is 2.75. The van der Waals surface area contributed by atoms with E-state index in [1.54, 1.807) is 30.5 Å². The number of ether oxygens (including phenoxy) is 5. The molecular formula is C22H29N5O6. The minimum Gasteiger partial charge on any atom is -0.434 e. The molecule has 0 aromatic carbocycles. The van der Waals surface area contributed by atoms with Gasteiger partial charge in [0.05, 0.1) is 12.3 Å². The molecule has 2 aliphatic rings. The monoisotopic (exact) mass is 459 g/mol. The standard InChI is InChI=1S/C22H29N5O6/c1-5-13(6-2)9-29-20(28)30-11-22(10-23)18-17(31-21(3,4)33-18)16(32-22)14-7-8-15-19(24)25-12-26-27(14)15/h7-8,12-13,16-18H,5-6,9,11H2,1-4H3,(H2,24,25,26)/t16-,17?,18?,22+/m0/s1. The lowest BCUT2D eigenvalue weighted by Crippen LogP contribution is -2.46. The maximum absolute atomic E-state index is 12.2. The number of hydrogen-bond acceptors (Lipinski definition) is 10. The van der Waals surface area contributed by atoms with E-state index < -0.39 is 35.9 Å². The van der Waals surface area contributed by atoms with Crippen LogP contribution in [0.1, 0.15) is 52.3 Å². The smallest absolute Gasteiger partial charge is 0.434 e. The highest BCUT2D eigenvalue weighted by Gasteiger charge is 2.65. The second kappa shape index (κ2) is 8.78. The summed E-state index contributed by atoms with van der Waals surface area (Å²) in [6.45, 7) is 7.46. The van der Waals surface area contributed by atoms with Crippen LogP contribution in [0.25, 0.3) is 5.52 Å². The Labute approximate surface area is 191 Å². The molecule has 0 saturated carbocycles. The van der Waals surface area contributed by atoms with E-state index >= 15 is 0 Å². The average molecular weight is 460 g/mol.